The van der Waals surface area contributed by atoms with Gasteiger partial charge in [0.15, 0.2) is 11.5 Å². The number of hydrogen-bond acceptors (Lipinski definition) is 9. The summed E-state index contributed by atoms with van der Waals surface area (Å²) in [5.41, 5.74) is -0.738. The zero-order valence-corrected chi connectivity index (χ0v) is 23.7. The first kappa shape index (κ1) is 33.3. The minimum Gasteiger partial charge on any atom is -0.478 e. The number of rotatable bonds is 14. The van der Waals surface area contributed by atoms with Crippen LogP contribution >= 0.6 is 0 Å². The largest absolute Gasteiger partial charge is 0.478 e. The average molecular weight is 549 g/mol. The Hall–Kier alpha value is -3.69. The molecule has 0 saturated carbocycles. The standard InChI is InChI=1S/C29H40O10/c1-28(2,3)38-26(34)13-9-7-11-24(32)36-21-17-15-20(16-18-23(30)31)19-22(21)37-25(33)12-8-10-14-27(35)39-29(4,5)6/h15-19H,7-14H2,1-6H3,(H,30,31)/b18-16+. The molecular formula is C29H40O10. The fourth-order valence-corrected chi connectivity index (χ4v) is 3.17. The molecule has 1 aromatic rings. The number of carboxylic acids is 1. The molecule has 0 fully saturated rings. The topological polar surface area (TPSA) is 142 Å². The summed E-state index contributed by atoms with van der Waals surface area (Å²) in [4.78, 5) is 59.3. The summed E-state index contributed by atoms with van der Waals surface area (Å²) in [6.07, 6.45) is 4.25. The summed E-state index contributed by atoms with van der Waals surface area (Å²) < 4.78 is 21.3. The summed E-state index contributed by atoms with van der Waals surface area (Å²) in [7, 11) is 0. The molecule has 0 aromatic heterocycles. The molecule has 0 atom stereocenters. The number of aliphatic carboxylic acids is 1. The molecule has 216 valence electrons. The SMILES string of the molecule is CC(C)(C)OC(=O)CCCCC(=O)Oc1ccc(/C=C/C(=O)O)cc1OC(=O)CCCCC(=O)OC(C)(C)C. The van der Waals surface area contributed by atoms with Crippen LogP contribution in [0.15, 0.2) is 24.3 Å². The molecular weight excluding hydrogens is 508 g/mol. The van der Waals surface area contributed by atoms with Crippen molar-refractivity contribution in [1.29, 1.82) is 0 Å². The summed E-state index contributed by atoms with van der Waals surface area (Å²) >= 11 is 0. The Morgan fingerprint density at radius 3 is 1.49 bits per heavy atom. The number of carbonyl (C=O) groups is 5. The molecule has 0 aliphatic rings. The molecule has 0 amide bonds. The Kier molecular flexibility index (Phi) is 13.4. The Labute approximate surface area is 229 Å². The third-order valence-electron chi connectivity index (χ3n) is 4.70. The Morgan fingerprint density at radius 1 is 0.667 bits per heavy atom. The first-order valence-electron chi connectivity index (χ1n) is 12.9. The number of hydrogen-bond donors (Lipinski definition) is 1. The zero-order chi connectivity index (χ0) is 29.6. The van der Waals surface area contributed by atoms with Crippen LogP contribution in [-0.4, -0.2) is 46.2 Å². The predicted octanol–water partition coefficient (Wildman–Crippen LogP) is 5.40. The van der Waals surface area contributed by atoms with Crippen LogP contribution in [-0.2, 0) is 33.4 Å². The summed E-state index contributed by atoms with van der Waals surface area (Å²) in [6.45, 7) is 10.7. The minimum atomic E-state index is -1.15. The van der Waals surface area contributed by atoms with Crippen LogP contribution in [0, 0.1) is 0 Å². The Balaban J connectivity index is 2.72. The molecule has 1 N–H and O–H groups in total. The van der Waals surface area contributed by atoms with Crippen LogP contribution in [0.5, 0.6) is 11.5 Å². The van der Waals surface area contributed by atoms with Crippen molar-refractivity contribution in [2.24, 2.45) is 0 Å². The summed E-state index contributed by atoms with van der Waals surface area (Å²) in [5, 5.41) is 8.87. The van der Waals surface area contributed by atoms with Crippen molar-refractivity contribution in [2.75, 3.05) is 0 Å². The van der Waals surface area contributed by atoms with Crippen molar-refractivity contribution in [1.82, 2.24) is 0 Å². The fraction of sp³-hybridized carbons (Fsp3) is 0.552. The molecule has 1 rings (SSSR count). The highest BCUT2D eigenvalue weighted by molar-refractivity contribution is 5.85. The second-order valence-corrected chi connectivity index (χ2v) is 10.9. The lowest BCUT2D eigenvalue weighted by Gasteiger charge is -2.19. The van der Waals surface area contributed by atoms with Gasteiger partial charge in [0.05, 0.1) is 0 Å². The monoisotopic (exact) mass is 548 g/mol. The van der Waals surface area contributed by atoms with Crippen LogP contribution in [0.4, 0.5) is 0 Å². The van der Waals surface area contributed by atoms with Crippen LogP contribution in [0.25, 0.3) is 6.08 Å². The molecule has 0 radical (unpaired) electrons. The average Bonchev–Trinajstić information content (AvgIpc) is 2.77. The van der Waals surface area contributed by atoms with Gasteiger partial charge >= 0.3 is 29.8 Å². The van der Waals surface area contributed by atoms with Gasteiger partial charge in [0, 0.05) is 31.8 Å². The maximum absolute atomic E-state index is 12.4. The Bertz CT molecular complexity index is 1040. The number of esters is 4. The van der Waals surface area contributed by atoms with E-state index in [1.54, 1.807) is 41.5 Å². The summed E-state index contributed by atoms with van der Waals surface area (Å²) in [6, 6.07) is 4.32. The predicted molar refractivity (Wildman–Crippen MR) is 143 cm³/mol. The van der Waals surface area contributed by atoms with E-state index in [0.717, 1.165) is 6.08 Å². The normalized spacial score (nSPS) is 11.6. The van der Waals surface area contributed by atoms with E-state index >= 15 is 0 Å². The highest BCUT2D eigenvalue weighted by Gasteiger charge is 2.18. The first-order chi connectivity index (χ1) is 18.0. The van der Waals surface area contributed by atoms with Gasteiger partial charge in [-0.05, 0) is 91.0 Å². The highest BCUT2D eigenvalue weighted by atomic mass is 16.6. The van der Waals surface area contributed by atoms with Crippen molar-refractivity contribution in [3.8, 4) is 11.5 Å². The fourth-order valence-electron chi connectivity index (χ4n) is 3.17. The van der Waals surface area contributed by atoms with Crippen molar-refractivity contribution in [2.45, 2.75) is 104 Å². The lowest BCUT2D eigenvalue weighted by atomic mass is 10.1. The van der Waals surface area contributed by atoms with Gasteiger partial charge in [-0.1, -0.05) is 6.07 Å². The molecule has 10 heteroatoms. The molecule has 0 aliphatic carbocycles. The van der Waals surface area contributed by atoms with E-state index in [0.29, 0.717) is 31.2 Å². The zero-order valence-electron chi connectivity index (χ0n) is 23.7. The van der Waals surface area contributed by atoms with Gasteiger partial charge in [-0.2, -0.15) is 0 Å². The molecule has 0 heterocycles. The van der Waals surface area contributed by atoms with Gasteiger partial charge in [-0.15, -0.1) is 0 Å². The molecule has 1 aromatic carbocycles. The van der Waals surface area contributed by atoms with E-state index < -0.39 is 29.1 Å². The molecule has 0 aliphatic heterocycles. The van der Waals surface area contributed by atoms with E-state index in [1.165, 1.54) is 24.3 Å². The van der Waals surface area contributed by atoms with Gasteiger partial charge in [-0.3, -0.25) is 19.2 Å². The number of carboxylic acid groups (broad SMARTS) is 1. The van der Waals surface area contributed by atoms with Gasteiger partial charge in [-0.25, -0.2) is 4.79 Å². The minimum absolute atomic E-state index is 0.00159. The van der Waals surface area contributed by atoms with E-state index in [-0.39, 0.29) is 49.1 Å². The maximum Gasteiger partial charge on any atom is 0.328 e. The smallest absolute Gasteiger partial charge is 0.328 e. The van der Waals surface area contributed by atoms with Crippen LogP contribution in [0.1, 0.15) is 98.5 Å². The molecule has 0 unspecified atom stereocenters. The summed E-state index contributed by atoms with van der Waals surface area (Å²) in [5.74, 6) is -3.07. The van der Waals surface area contributed by atoms with Crippen molar-refractivity contribution in [3.63, 3.8) is 0 Å². The molecule has 10 nitrogen and oxygen atoms in total. The quantitative estimate of drug-likeness (QED) is 0.139. The molecule has 0 saturated heterocycles. The van der Waals surface area contributed by atoms with E-state index in [4.69, 9.17) is 24.1 Å². The molecule has 0 bridgehead atoms. The number of unbranched alkanes of at least 4 members (excludes halogenated alkanes) is 2. The molecule has 0 spiro atoms. The molecule has 39 heavy (non-hydrogen) atoms. The van der Waals surface area contributed by atoms with E-state index in [9.17, 15) is 24.0 Å². The van der Waals surface area contributed by atoms with Crippen LogP contribution < -0.4 is 9.47 Å². The van der Waals surface area contributed by atoms with E-state index in [1.807, 2.05) is 0 Å². The maximum atomic E-state index is 12.4. The number of carbonyl (C=O) groups excluding carboxylic acids is 4. The Morgan fingerprint density at radius 2 is 1.08 bits per heavy atom. The van der Waals surface area contributed by atoms with Crippen molar-refractivity contribution in [3.05, 3.63) is 29.8 Å². The highest BCUT2D eigenvalue weighted by Crippen LogP contribution is 2.30. The van der Waals surface area contributed by atoms with Gasteiger partial charge in [0.25, 0.3) is 0 Å². The third kappa shape index (κ3) is 16.7. The van der Waals surface area contributed by atoms with Crippen molar-refractivity contribution >= 4 is 35.9 Å². The second-order valence-electron chi connectivity index (χ2n) is 10.9. The first-order valence-corrected chi connectivity index (χ1v) is 12.9. The second kappa shape index (κ2) is 15.7. The number of benzene rings is 1. The number of ether oxygens (including phenoxy) is 4. The van der Waals surface area contributed by atoms with Gasteiger partial charge in [0.1, 0.15) is 11.2 Å². The van der Waals surface area contributed by atoms with E-state index in [2.05, 4.69) is 0 Å². The lowest BCUT2D eigenvalue weighted by Crippen LogP contribution is -2.23. The lowest BCUT2D eigenvalue weighted by molar-refractivity contribution is -0.156. The van der Waals surface area contributed by atoms with Gasteiger partial charge in [0.2, 0.25) is 0 Å². The van der Waals surface area contributed by atoms with Gasteiger partial charge < -0.3 is 24.1 Å². The third-order valence-corrected chi connectivity index (χ3v) is 4.70. The van der Waals surface area contributed by atoms with Crippen LogP contribution in [0.3, 0.4) is 0 Å². The van der Waals surface area contributed by atoms with Crippen LogP contribution in [0.2, 0.25) is 0 Å². The van der Waals surface area contributed by atoms with Crippen molar-refractivity contribution < 1.29 is 48.0 Å².